The van der Waals surface area contributed by atoms with Crippen LogP contribution in [0.25, 0.3) is 0 Å². The van der Waals surface area contributed by atoms with Gasteiger partial charge >= 0.3 is 0 Å². The fourth-order valence-corrected chi connectivity index (χ4v) is 2.66. The first-order valence-electron chi connectivity index (χ1n) is 7.20. The molecule has 1 saturated heterocycles. The first-order valence-corrected chi connectivity index (χ1v) is 7.20. The van der Waals surface area contributed by atoms with E-state index in [-0.39, 0.29) is 5.41 Å². The van der Waals surface area contributed by atoms with Gasteiger partial charge in [0.15, 0.2) is 0 Å². The van der Waals surface area contributed by atoms with Gasteiger partial charge in [0, 0.05) is 24.0 Å². The number of nitrogens with zero attached hydrogens (tertiary/aromatic N) is 3. The quantitative estimate of drug-likeness (QED) is 0.907. The number of hydrogen-bond donors (Lipinski definition) is 1. The molecule has 5 nitrogen and oxygen atoms in total. The van der Waals surface area contributed by atoms with Gasteiger partial charge in [-0.25, -0.2) is 0 Å². The second-order valence-corrected chi connectivity index (χ2v) is 6.59. The monoisotopic (exact) mass is 266 g/mol. The largest absolute Gasteiger partial charge is 0.423 e. The molecule has 0 spiro atoms. The van der Waals surface area contributed by atoms with Crippen LogP contribution in [-0.4, -0.2) is 33.7 Å². The maximum Gasteiger partial charge on any atom is 0.230 e. The zero-order valence-corrected chi connectivity index (χ0v) is 12.5. The number of piperidine rings is 1. The summed E-state index contributed by atoms with van der Waals surface area (Å²) in [6.45, 7) is 9.91. The van der Waals surface area contributed by atoms with Crippen molar-refractivity contribution in [3.05, 3.63) is 11.8 Å². The maximum absolute atomic E-state index is 5.88. The zero-order valence-electron chi connectivity index (χ0n) is 12.5. The first kappa shape index (κ1) is 14.5. The molecule has 2 rings (SSSR count). The number of aromatic nitrogens is 2. The first-order chi connectivity index (χ1) is 8.91. The molecule has 108 valence electrons. The molecule has 0 amide bonds. The summed E-state index contributed by atoms with van der Waals surface area (Å²) in [6, 6.07) is 0.973. The third-order valence-electron chi connectivity index (χ3n) is 3.89. The predicted molar refractivity (Wildman–Crippen MR) is 74.7 cm³/mol. The van der Waals surface area contributed by atoms with E-state index in [0.717, 1.165) is 0 Å². The van der Waals surface area contributed by atoms with E-state index in [9.17, 15) is 0 Å². The molecule has 19 heavy (non-hydrogen) atoms. The van der Waals surface area contributed by atoms with Crippen molar-refractivity contribution in [1.29, 1.82) is 0 Å². The van der Waals surface area contributed by atoms with E-state index in [1.165, 1.54) is 19.3 Å². The average Bonchev–Trinajstić information content (AvgIpc) is 2.80. The molecule has 1 aromatic heterocycles. The zero-order chi connectivity index (χ0) is 14.0. The van der Waals surface area contributed by atoms with Gasteiger partial charge in [0.1, 0.15) is 0 Å². The Balaban J connectivity index is 2.08. The Hall–Kier alpha value is -0.940. The maximum atomic E-state index is 5.88. The number of nitrogens with two attached hydrogens (primary N) is 1. The summed E-state index contributed by atoms with van der Waals surface area (Å²) in [5, 5.41) is 8.34. The van der Waals surface area contributed by atoms with Crippen LogP contribution in [0.3, 0.4) is 0 Å². The summed E-state index contributed by atoms with van der Waals surface area (Å²) < 4.78 is 5.79. The molecule has 2 heterocycles. The Morgan fingerprint density at radius 2 is 2.05 bits per heavy atom. The number of likely N-dealkylation sites (tertiary alicyclic amines) is 1. The molecule has 2 atom stereocenters. The Morgan fingerprint density at radius 3 is 2.63 bits per heavy atom. The molecule has 0 radical (unpaired) electrons. The molecule has 2 unspecified atom stereocenters. The van der Waals surface area contributed by atoms with Crippen molar-refractivity contribution in [1.82, 2.24) is 15.1 Å². The molecule has 0 aliphatic carbocycles. The van der Waals surface area contributed by atoms with Gasteiger partial charge in [0.25, 0.3) is 0 Å². The molecule has 1 aromatic rings. The molecule has 0 bridgehead atoms. The van der Waals surface area contributed by atoms with Gasteiger partial charge in [-0.1, -0.05) is 27.2 Å². The molecule has 1 fully saturated rings. The van der Waals surface area contributed by atoms with Crippen molar-refractivity contribution >= 4 is 0 Å². The fraction of sp³-hybridized carbons (Fsp3) is 0.857. The van der Waals surface area contributed by atoms with Crippen molar-refractivity contribution in [2.75, 3.05) is 6.54 Å². The second kappa shape index (κ2) is 5.59. The van der Waals surface area contributed by atoms with Crippen molar-refractivity contribution < 1.29 is 4.42 Å². The lowest BCUT2D eigenvalue weighted by molar-refractivity contribution is 0.0785. The molecule has 5 heteroatoms. The third-order valence-corrected chi connectivity index (χ3v) is 3.89. The van der Waals surface area contributed by atoms with E-state index in [1.807, 2.05) is 0 Å². The van der Waals surface area contributed by atoms with Crippen LogP contribution in [0.15, 0.2) is 4.42 Å². The molecular weight excluding hydrogens is 240 g/mol. The highest BCUT2D eigenvalue weighted by Crippen LogP contribution is 2.25. The lowest BCUT2D eigenvalue weighted by Gasteiger charge is -2.39. The van der Waals surface area contributed by atoms with E-state index in [0.29, 0.717) is 37.0 Å². The smallest absolute Gasteiger partial charge is 0.230 e. The lowest BCUT2D eigenvalue weighted by atomic mass is 9.96. The van der Waals surface area contributed by atoms with E-state index in [1.54, 1.807) is 0 Å². The summed E-state index contributed by atoms with van der Waals surface area (Å²) in [7, 11) is 0. The molecule has 1 aliphatic rings. The lowest BCUT2D eigenvalue weighted by Crippen LogP contribution is -2.48. The SMILES string of the molecule is CC1CCCC(CN)N1Cc1nnc(C(C)(C)C)o1. The topological polar surface area (TPSA) is 68.2 Å². The van der Waals surface area contributed by atoms with Crippen LogP contribution in [0.5, 0.6) is 0 Å². The molecular formula is C14H26N4O. The van der Waals surface area contributed by atoms with Crippen molar-refractivity contribution in [2.24, 2.45) is 5.73 Å². The Labute approximate surface area is 115 Å². The van der Waals surface area contributed by atoms with Crippen molar-refractivity contribution in [2.45, 2.75) is 71.0 Å². The summed E-state index contributed by atoms with van der Waals surface area (Å²) in [6.07, 6.45) is 3.65. The van der Waals surface area contributed by atoms with Gasteiger partial charge in [-0.05, 0) is 19.8 Å². The average molecular weight is 266 g/mol. The highest BCUT2D eigenvalue weighted by molar-refractivity contribution is 4.97. The Morgan fingerprint density at radius 1 is 1.32 bits per heavy atom. The minimum absolute atomic E-state index is 0.0912. The van der Waals surface area contributed by atoms with Crippen LogP contribution in [0.1, 0.15) is 58.7 Å². The summed E-state index contributed by atoms with van der Waals surface area (Å²) in [5.41, 5.74) is 5.78. The van der Waals surface area contributed by atoms with E-state index in [2.05, 4.69) is 42.8 Å². The third kappa shape index (κ3) is 3.34. The fourth-order valence-electron chi connectivity index (χ4n) is 2.66. The highest BCUT2D eigenvalue weighted by atomic mass is 16.4. The van der Waals surface area contributed by atoms with Crippen LogP contribution in [-0.2, 0) is 12.0 Å². The Kier molecular flexibility index (Phi) is 4.26. The highest BCUT2D eigenvalue weighted by Gasteiger charge is 2.29. The van der Waals surface area contributed by atoms with Crippen LogP contribution in [0.2, 0.25) is 0 Å². The summed E-state index contributed by atoms with van der Waals surface area (Å²) >= 11 is 0. The van der Waals surface area contributed by atoms with Crippen LogP contribution in [0.4, 0.5) is 0 Å². The van der Waals surface area contributed by atoms with Gasteiger partial charge in [0.05, 0.1) is 6.54 Å². The van der Waals surface area contributed by atoms with E-state index >= 15 is 0 Å². The summed E-state index contributed by atoms with van der Waals surface area (Å²) in [5.74, 6) is 1.41. The molecule has 0 saturated carbocycles. The van der Waals surface area contributed by atoms with Crippen LogP contribution in [0, 0.1) is 0 Å². The van der Waals surface area contributed by atoms with E-state index in [4.69, 9.17) is 10.2 Å². The van der Waals surface area contributed by atoms with Gasteiger partial charge in [-0.2, -0.15) is 0 Å². The minimum atomic E-state index is -0.0912. The number of rotatable bonds is 3. The second-order valence-electron chi connectivity index (χ2n) is 6.59. The minimum Gasteiger partial charge on any atom is -0.423 e. The van der Waals surface area contributed by atoms with Crippen molar-refractivity contribution in [3.63, 3.8) is 0 Å². The molecule has 1 aliphatic heterocycles. The van der Waals surface area contributed by atoms with Crippen LogP contribution < -0.4 is 5.73 Å². The normalized spacial score (nSPS) is 25.7. The van der Waals surface area contributed by atoms with E-state index < -0.39 is 0 Å². The van der Waals surface area contributed by atoms with Crippen molar-refractivity contribution in [3.8, 4) is 0 Å². The molecule has 2 N–H and O–H groups in total. The van der Waals surface area contributed by atoms with Gasteiger partial charge in [-0.3, -0.25) is 4.90 Å². The Bertz CT molecular complexity index is 410. The standard InChI is InChI=1S/C14H26N4O/c1-10-6-5-7-11(8-15)18(10)9-12-16-17-13(19-12)14(2,3)4/h10-11H,5-9,15H2,1-4H3. The van der Waals surface area contributed by atoms with Gasteiger partial charge < -0.3 is 10.2 Å². The van der Waals surface area contributed by atoms with Crippen LogP contribution >= 0.6 is 0 Å². The van der Waals surface area contributed by atoms with Gasteiger partial charge in [0.2, 0.25) is 11.8 Å². The molecule has 0 aromatic carbocycles. The van der Waals surface area contributed by atoms with Gasteiger partial charge in [-0.15, -0.1) is 10.2 Å². The summed E-state index contributed by atoms with van der Waals surface area (Å²) in [4.78, 5) is 2.41. The number of hydrogen-bond acceptors (Lipinski definition) is 5. The predicted octanol–water partition coefficient (Wildman–Crippen LogP) is 2.07.